The third-order valence-corrected chi connectivity index (χ3v) is 5.22. The van der Waals surface area contributed by atoms with Gasteiger partial charge in [0.15, 0.2) is 16.9 Å². The summed E-state index contributed by atoms with van der Waals surface area (Å²) in [6, 6.07) is 8.56. The summed E-state index contributed by atoms with van der Waals surface area (Å²) in [7, 11) is 1.57. The van der Waals surface area contributed by atoms with Gasteiger partial charge in [-0.1, -0.05) is 26.0 Å². The minimum Gasteiger partial charge on any atom is -0.493 e. The van der Waals surface area contributed by atoms with Crippen molar-refractivity contribution in [2.24, 2.45) is 5.92 Å². The second kappa shape index (κ2) is 7.52. The molecule has 1 aliphatic rings. The van der Waals surface area contributed by atoms with Gasteiger partial charge in [-0.15, -0.1) is 0 Å². The molecule has 0 fully saturated rings. The van der Waals surface area contributed by atoms with Crippen LogP contribution in [0.3, 0.4) is 0 Å². The standard InChI is InChI=1S/C24H25NO5/c1-12(2)11-29-17-7-6-15(10-18(17)28-5)20-19-21(26)16-9-13(3)8-14(4)22(16)30-23(19)24(27)25-20/h6-10,12,20H,11H2,1-5H3,(H,25,27). The summed E-state index contributed by atoms with van der Waals surface area (Å²) >= 11 is 0. The van der Waals surface area contributed by atoms with Crippen molar-refractivity contribution in [3.05, 3.63) is 68.6 Å². The third kappa shape index (κ3) is 3.32. The van der Waals surface area contributed by atoms with Gasteiger partial charge in [-0.3, -0.25) is 9.59 Å². The molecule has 156 valence electrons. The van der Waals surface area contributed by atoms with Gasteiger partial charge in [0.1, 0.15) is 5.58 Å². The van der Waals surface area contributed by atoms with E-state index in [1.165, 1.54) is 0 Å². The molecule has 1 amide bonds. The lowest BCUT2D eigenvalue weighted by molar-refractivity contribution is 0.0938. The summed E-state index contributed by atoms with van der Waals surface area (Å²) in [6.07, 6.45) is 0. The van der Waals surface area contributed by atoms with Gasteiger partial charge < -0.3 is 19.2 Å². The van der Waals surface area contributed by atoms with Crippen LogP contribution in [0, 0.1) is 19.8 Å². The number of carbonyl (C=O) groups is 1. The fourth-order valence-electron chi connectivity index (χ4n) is 3.85. The number of nitrogens with one attached hydrogen (secondary N) is 1. The second-order valence-electron chi connectivity index (χ2n) is 8.15. The first-order chi connectivity index (χ1) is 14.3. The van der Waals surface area contributed by atoms with E-state index in [4.69, 9.17) is 13.9 Å². The van der Waals surface area contributed by atoms with Crippen molar-refractivity contribution in [1.82, 2.24) is 5.32 Å². The highest BCUT2D eigenvalue weighted by Gasteiger charge is 2.36. The van der Waals surface area contributed by atoms with Gasteiger partial charge in [-0.05, 0) is 54.7 Å². The Bertz CT molecular complexity index is 1210. The van der Waals surface area contributed by atoms with Crippen molar-refractivity contribution >= 4 is 16.9 Å². The Morgan fingerprint density at radius 3 is 2.57 bits per heavy atom. The van der Waals surface area contributed by atoms with Crippen molar-refractivity contribution in [3.8, 4) is 11.5 Å². The highest BCUT2D eigenvalue weighted by Crippen LogP contribution is 2.36. The van der Waals surface area contributed by atoms with Crippen LogP contribution in [0.5, 0.6) is 11.5 Å². The minimum absolute atomic E-state index is 0.0727. The molecule has 0 bridgehead atoms. The van der Waals surface area contributed by atoms with E-state index in [-0.39, 0.29) is 11.2 Å². The van der Waals surface area contributed by atoms with Crippen molar-refractivity contribution in [1.29, 1.82) is 0 Å². The quantitative estimate of drug-likeness (QED) is 0.683. The maximum Gasteiger partial charge on any atom is 0.288 e. The van der Waals surface area contributed by atoms with Crippen molar-refractivity contribution in [2.75, 3.05) is 13.7 Å². The molecule has 1 unspecified atom stereocenters. The van der Waals surface area contributed by atoms with Gasteiger partial charge in [0.25, 0.3) is 5.91 Å². The molecule has 1 N–H and O–H groups in total. The molecule has 0 aliphatic carbocycles. The smallest absolute Gasteiger partial charge is 0.288 e. The molecular weight excluding hydrogens is 382 g/mol. The van der Waals surface area contributed by atoms with Crippen molar-refractivity contribution in [3.63, 3.8) is 0 Å². The fraction of sp³-hybridized carbons (Fsp3) is 0.333. The zero-order valence-electron chi connectivity index (χ0n) is 17.8. The van der Waals surface area contributed by atoms with Gasteiger partial charge in [0.05, 0.1) is 30.7 Å². The number of amides is 1. The predicted molar refractivity (Wildman–Crippen MR) is 115 cm³/mol. The van der Waals surface area contributed by atoms with Crippen molar-refractivity contribution < 1.29 is 18.7 Å². The molecule has 4 rings (SSSR count). The molecule has 0 saturated carbocycles. The van der Waals surface area contributed by atoms with E-state index >= 15 is 0 Å². The number of aryl methyl sites for hydroxylation is 2. The molecule has 0 saturated heterocycles. The van der Waals surface area contributed by atoms with Crippen LogP contribution >= 0.6 is 0 Å². The Balaban J connectivity index is 1.83. The zero-order valence-corrected chi connectivity index (χ0v) is 17.8. The lowest BCUT2D eigenvalue weighted by Crippen LogP contribution is -2.22. The molecule has 6 nitrogen and oxygen atoms in total. The Morgan fingerprint density at radius 2 is 1.87 bits per heavy atom. The number of hydrogen-bond acceptors (Lipinski definition) is 5. The molecule has 1 aromatic heterocycles. The molecule has 1 atom stereocenters. The average molecular weight is 407 g/mol. The molecule has 30 heavy (non-hydrogen) atoms. The summed E-state index contributed by atoms with van der Waals surface area (Å²) in [5.74, 6) is 1.22. The number of methoxy groups -OCH3 is 1. The number of ether oxygens (including phenoxy) is 2. The highest BCUT2D eigenvalue weighted by atomic mass is 16.5. The first-order valence-electron chi connectivity index (χ1n) is 9.99. The summed E-state index contributed by atoms with van der Waals surface area (Å²) in [6.45, 7) is 8.50. The lowest BCUT2D eigenvalue weighted by atomic mass is 9.97. The molecular formula is C24H25NO5. The fourth-order valence-corrected chi connectivity index (χ4v) is 3.85. The normalized spacial score (nSPS) is 15.4. The van der Waals surface area contributed by atoms with Crippen LogP contribution in [0.15, 0.2) is 39.5 Å². The largest absolute Gasteiger partial charge is 0.493 e. The summed E-state index contributed by atoms with van der Waals surface area (Å²) in [5.41, 5.74) is 3.11. The van der Waals surface area contributed by atoms with Crippen LogP contribution in [0.4, 0.5) is 0 Å². The minimum atomic E-state index is -0.609. The van der Waals surface area contributed by atoms with Gasteiger partial charge in [0, 0.05) is 0 Å². The molecule has 3 aromatic rings. The van der Waals surface area contributed by atoms with Crippen LogP contribution in [0.1, 0.15) is 52.7 Å². The number of hydrogen-bond donors (Lipinski definition) is 1. The second-order valence-corrected chi connectivity index (χ2v) is 8.15. The summed E-state index contributed by atoms with van der Waals surface area (Å²) in [5, 5.41) is 3.36. The molecule has 6 heteroatoms. The molecule has 0 radical (unpaired) electrons. The van der Waals surface area contributed by atoms with E-state index in [2.05, 4.69) is 19.2 Å². The van der Waals surface area contributed by atoms with Gasteiger partial charge in [0.2, 0.25) is 5.76 Å². The van der Waals surface area contributed by atoms with Crippen LogP contribution in [-0.4, -0.2) is 19.6 Å². The summed E-state index contributed by atoms with van der Waals surface area (Å²) < 4.78 is 17.2. The monoisotopic (exact) mass is 407 g/mol. The average Bonchev–Trinajstić information content (AvgIpc) is 3.04. The van der Waals surface area contributed by atoms with E-state index in [0.717, 1.165) is 16.7 Å². The van der Waals surface area contributed by atoms with Gasteiger partial charge in [-0.2, -0.15) is 0 Å². The Morgan fingerprint density at radius 1 is 1.10 bits per heavy atom. The predicted octanol–water partition coefficient (Wildman–Crippen LogP) is 4.29. The Labute approximate surface area is 174 Å². The molecule has 2 heterocycles. The van der Waals surface area contributed by atoms with E-state index in [1.807, 2.05) is 26.0 Å². The lowest BCUT2D eigenvalue weighted by Gasteiger charge is -2.16. The zero-order chi connectivity index (χ0) is 21.6. The number of carbonyl (C=O) groups excluding carboxylic acids is 1. The SMILES string of the molecule is COc1cc(C2NC(=O)c3oc4c(C)cc(C)cc4c(=O)c32)ccc1OCC(C)C. The van der Waals surface area contributed by atoms with E-state index in [9.17, 15) is 9.59 Å². The van der Waals surface area contributed by atoms with Gasteiger partial charge >= 0.3 is 0 Å². The first kappa shape index (κ1) is 20.0. The van der Waals surface area contributed by atoms with Crippen LogP contribution in [0.2, 0.25) is 0 Å². The van der Waals surface area contributed by atoms with E-state index in [1.54, 1.807) is 25.3 Å². The number of benzene rings is 2. The topological polar surface area (TPSA) is 77.8 Å². The van der Waals surface area contributed by atoms with Crippen LogP contribution < -0.4 is 20.2 Å². The van der Waals surface area contributed by atoms with Crippen LogP contribution in [0.25, 0.3) is 11.0 Å². The maximum absolute atomic E-state index is 13.3. The molecule has 1 aliphatic heterocycles. The molecule has 0 spiro atoms. The van der Waals surface area contributed by atoms with Crippen molar-refractivity contribution in [2.45, 2.75) is 33.7 Å². The Kier molecular flexibility index (Phi) is 5.02. The highest BCUT2D eigenvalue weighted by molar-refractivity contribution is 5.99. The van der Waals surface area contributed by atoms with Gasteiger partial charge in [-0.25, -0.2) is 0 Å². The van der Waals surface area contributed by atoms with Crippen LogP contribution in [-0.2, 0) is 0 Å². The van der Waals surface area contributed by atoms with E-state index < -0.39 is 11.9 Å². The summed E-state index contributed by atoms with van der Waals surface area (Å²) in [4.78, 5) is 26.0. The third-order valence-electron chi connectivity index (χ3n) is 5.22. The number of rotatable bonds is 5. The van der Waals surface area contributed by atoms with E-state index in [0.29, 0.717) is 40.6 Å². The first-order valence-corrected chi connectivity index (χ1v) is 9.99. The Hall–Kier alpha value is -3.28. The maximum atomic E-state index is 13.3. The number of fused-ring (bicyclic) bond motifs is 2. The molecule has 2 aromatic carbocycles.